The van der Waals surface area contributed by atoms with E-state index in [-0.39, 0.29) is 17.9 Å². The molecule has 3 N–H and O–H groups in total. The van der Waals surface area contributed by atoms with Crippen LogP contribution in [0.1, 0.15) is 44.0 Å². The molecule has 3 aromatic rings. The van der Waals surface area contributed by atoms with E-state index >= 15 is 0 Å². The molecule has 0 aliphatic carbocycles. The van der Waals surface area contributed by atoms with Crippen LogP contribution in [0, 0.1) is 5.82 Å². The van der Waals surface area contributed by atoms with Crippen molar-refractivity contribution in [1.29, 1.82) is 0 Å². The van der Waals surface area contributed by atoms with Crippen LogP contribution < -0.4 is 10.8 Å². The molecule has 0 spiro atoms. The fourth-order valence-electron chi connectivity index (χ4n) is 2.46. The number of nitrogens with zero attached hydrogens (tertiary/aromatic N) is 2. The Labute approximate surface area is 186 Å². The van der Waals surface area contributed by atoms with Crippen LogP contribution in [0.15, 0.2) is 47.8 Å². The summed E-state index contributed by atoms with van der Waals surface area (Å²) in [6.45, 7) is 5.85. The van der Waals surface area contributed by atoms with Crippen LogP contribution in [-0.4, -0.2) is 39.4 Å². The van der Waals surface area contributed by atoms with E-state index < -0.39 is 17.8 Å². The van der Waals surface area contributed by atoms with E-state index in [0.717, 1.165) is 4.90 Å². The summed E-state index contributed by atoms with van der Waals surface area (Å²) < 4.78 is 16.0. The molecular formula is C22H29FN4O3S. The minimum absolute atomic E-state index is 0.0474. The lowest BCUT2D eigenvalue weighted by Crippen LogP contribution is -2.27. The highest BCUT2D eigenvalue weighted by Gasteiger charge is 2.19. The lowest BCUT2D eigenvalue weighted by atomic mass is 10.2. The van der Waals surface area contributed by atoms with E-state index in [9.17, 15) is 14.3 Å². The zero-order valence-corrected chi connectivity index (χ0v) is 19.0. The number of aliphatic hydroxyl groups excluding tert-OH is 1. The second-order valence-electron chi connectivity index (χ2n) is 6.84. The summed E-state index contributed by atoms with van der Waals surface area (Å²) in [5.41, 5.74) is 3.47. The Morgan fingerprint density at radius 2 is 2.03 bits per heavy atom. The predicted molar refractivity (Wildman–Crippen MR) is 122 cm³/mol. The number of nitrogens with one attached hydrogen (secondary N) is 2. The topological polar surface area (TPSA) is 87.9 Å². The van der Waals surface area contributed by atoms with Gasteiger partial charge in [0.15, 0.2) is 0 Å². The molecule has 7 nitrogen and oxygen atoms in total. The third-order valence-electron chi connectivity index (χ3n) is 4.24. The van der Waals surface area contributed by atoms with Crippen molar-refractivity contribution in [2.75, 3.05) is 18.2 Å². The van der Waals surface area contributed by atoms with Crippen LogP contribution in [0.25, 0.3) is 5.52 Å². The summed E-state index contributed by atoms with van der Waals surface area (Å²) in [4.78, 5) is 22.3. The number of hydroxylamine groups is 1. The molecule has 31 heavy (non-hydrogen) atoms. The van der Waals surface area contributed by atoms with Gasteiger partial charge in [0.1, 0.15) is 24.6 Å². The van der Waals surface area contributed by atoms with Crippen LogP contribution in [0.2, 0.25) is 0 Å². The normalized spacial score (nSPS) is 11.5. The number of hydrogen-bond donors (Lipinski definition) is 3. The molecule has 2 aromatic heterocycles. The third-order valence-corrected chi connectivity index (χ3v) is 4.97. The number of carbonyl (C=O) groups excluding carboxylic acids is 1. The summed E-state index contributed by atoms with van der Waals surface area (Å²) in [5.74, 6) is -0.604. The molecule has 0 aliphatic rings. The fourth-order valence-corrected chi connectivity index (χ4v) is 2.88. The summed E-state index contributed by atoms with van der Waals surface area (Å²) in [5, 5.41) is 12.2. The van der Waals surface area contributed by atoms with Crippen LogP contribution in [0.4, 0.5) is 15.9 Å². The number of rotatable bonds is 8. The van der Waals surface area contributed by atoms with Gasteiger partial charge >= 0.3 is 0 Å². The average molecular weight is 449 g/mol. The monoisotopic (exact) mass is 448 g/mol. The first-order chi connectivity index (χ1) is 14.9. The van der Waals surface area contributed by atoms with Crippen molar-refractivity contribution in [2.24, 2.45) is 0 Å². The number of benzene rings is 1. The first-order valence-electron chi connectivity index (χ1n) is 10.1. The van der Waals surface area contributed by atoms with Crippen molar-refractivity contribution in [3.63, 3.8) is 0 Å². The number of fused-ring (bicyclic) bond motifs is 1. The van der Waals surface area contributed by atoms with E-state index in [2.05, 4.69) is 29.6 Å². The molecule has 0 saturated carbocycles. The molecule has 1 amide bonds. The molecular weight excluding hydrogens is 419 g/mol. The molecule has 0 radical (unpaired) electrons. The molecule has 9 heteroatoms. The second-order valence-corrected chi connectivity index (χ2v) is 7.72. The average Bonchev–Trinajstić information content (AvgIpc) is 3.13. The number of amides is 1. The van der Waals surface area contributed by atoms with Crippen molar-refractivity contribution in [3.8, 4) is 0 Å². The van der Waals surface area contributed by atoms with Crippen molar-refractivity contribution in [3.05, 3.63) is 54.2 Å². The Morgan fingerprint density at radius 1 is 1.29 bits per heavy atom. The number of aliphatic hydroxyl groups is 1. The lowest BCUT2D eigenvalue weighted by Gasteiger charge is -2.12. The summed E-state index contributed by atoms with van der Waals surface area (Å²) in [6, 6.07) is 8.19. The van der Waals surface area contributed by atoms with Gasteiger partial charge in [0.2, 0.25) is 0 Å². The van der Waals surface area contributed by atoms with E-state index in [1.54, 1.807) is 41.8 Å². The first kappa shape index (κ1) is 24.6. The highest BCUT2D eigenvalue weighted by atomic mass is 32.2. The van der Waals surface area contributed by atoms with Gasteiger partial charge in [-0.25, -0.2) is 14.9 Å². The molecule has 2 heterocycles. The van der Waals surface area contributed by atoms with Gasteiger partial charge in [-0.05, 0) is 43.5 Å². The number of unbranched alkanes of at least 4 members (excludes halogenated alkanes) is 1. The van der Waals surface area contributed by atoms with E-state index in [4.69, 9.17) is 4.84 Å². The first-order valence-corrected chi connectivity index (χ1v) is 11.3. The number of carbonyl (C=O) groups is 1. The number of hydrogen-bond acceptors (Lipinski definition) is 6. The molecule has 1 aromatic carbocycles. The maximum absolute atomic E-state index is 14.4. The lowest BCUT2D eigenvalue weighted by molar-refractivity contribution is -0.00681. The van der Waals surface area contributed by atoms with Crippen molar-refractivity contribution >= 4 is 34.7 Å². The fraction of sp³-hybridized carbons (Fsp3) is 0.364. The number of thioether (sulfide) groups is 1. The molecule has 0 unspecified atom stereocenters. The second kappa shape index (κ2) is 12.3. The van der Waals surface area contributed by atoms with Gasteiger partial charge in [-0.2, -0.15) is 0 Å². The number of aromatic nitrogens is 2. The molecule has 0 saturated heterocycles. The molecule has 0 fully saturated rings. The van der Waals surface area contributed by atoms with Gasteiger partial charge in [0.05, 0.1) is 22.9 Å². The third kappa shape index (κ3) is 6.95. The molecule has 3 rings (SSSR count). The summed E-state index contributed by atoms with van der Waals surface area (Å²) >= 11 is 1.44. The Morgan fingerprint density at radius 3 is 2.65 bits per heavy atom. The molecule has 168 valence electrons. The van der Waals surface area contributed by atoms with Gasteiger partial charge in [-0.1, -0.05) is 26.7 Å². The SMILES string of the molecule is CCCC.CSc1ccc(Nc2c(C(=O)NOC[C@H](C)O)cc3ccncn23)c(F)c1. The highest BCUT2D eigenvalue weighted by Crippen LogP contribution is 2.28. The standard InChI is InChI=1S/C18H19FN4O3S.C4H10/c1-11(24)9-26-22-18(25)14-7-12-5-6-20-10-23(12)17(14)21-16-4-3-13(27-2)8-15(16)19;1-3-4-2/h3-8,10-11,21,24H,9H2,1-2H3,(H,22,25);3-4H2,1-2H3/t11-;/m0./s1. The van der Waals surface area contributed by atoms with Crippen LogP contribution in [0.5, 0.6) is 0 Å². The van der Waals surface area contributed by atoms with Gasteiger partial charge in [0.25, 0.3) is 5.91 Å². The summed E-state index contributed by atoms with van der Waals surface area (Å²) in [6.07, 6.45) is 6.91. The molecule has 0 aliphatic heterocycles. The zero-order chi connectivity index (χ0) is 22.8. The zero-order valence-electron chi connectivity index (χ0n) is 18.2. The quantitative estimate of drug-likeness (QED) is 0.339. The van der Waals surface area contributed by atoms with Crippen LogP contribution in [-0.2, 0) is 4.84 Å². The minimum Gasteiger partial charge on any atom is -0.391 e. The van der Waals surface area contributed by atoms with E-state index in [1.807, 2.05) is 6.26 Å². The Balaban J connectivity index is 0.000000785. The smallest absolute Gasteiger partial charge is 0.278 e. The van der Waals surface area contributed by atoms with E-state index in [0.29, 0.717) is 11.3 Å². The Kier molecular flexibility index (Phi) is 9.77. The molecule has 1 atom stereocenters. The van der Waals surface area contributed by atoms with Gasteiger partial charge in [-0.3, -0.25) is 14.0 Å². The van der Waals surface area contributed by atoms with Crippen molar-refractivity contribution in [1.82, 2.24) is 14.9 Å². The molecule has 0 bridgehead atoms. The van der Waals surface area contributed by atoms with Gasteiger partial charge < -0.3 is 10.4 Å². The van der Waals surface area contributed by atoms with Crippen LogP contribution in [0.3, 0.4) is 0 Å². The Hall–Kier alpha value is -2.62. The summed E-state index contributed by atoms with van der Waals surface area (Å²) in [7, 11) is 0. The number of anilines is 2. The van der Waals surface area contributed by atoms with Gasteiger partial charge in [0, 0.05) is 11.1 Å². The van der Waals surface area contributed by atoms with E-state index in [1.165, 1.54) is 37.0 Å². The van der Waals surface area contributed by atoms with Crippen LogP contribution >= 0.6 is 11.8 Å². The Bertz CT molecular complexity index is 992. The number of halogens is 1. The minimum atomic E-state index is -0.718. The van der Waals surface area contributed by atoms with Gasteiger partial charge in [-0.15, -0.1) is 11.8 Å². The predicted octanol–water partition coefficient (Wildman–Crippen LogP) is 4.79. The van der Waals surface area contributed by atoms with Crippen molar-refractivity contribution < 1.29 is 19.1 Å². The van der Waals surface area contributed by atoms with Crippen molar-refractivity contribution in [2.45, 2.75) is 44.6 Å². The largest absolute Gasteiger partial charge is 0.391 e. The maximum Gasteiger partial charge on any atom is 0.278 e. The maximum atomic E-state index is 14.4. The highest BCUT2D eigenvalue weighted by molar-refractivity contribution is 7.98.